The summed E-state index contributed by atoms with van der Waals surface area (Å²) in [5, 5.41) is 3.09. The van der Waals surface area contributed by atoms with Gasteiger partial charge in [0.1, 0.15) is 0 Å². The molecule has 0 saturated carbocycles. The van der Waals surface area contributed by atoms with Crippen LogP contribution in [0.5, 0.6) is 0 Å². The van der Waals surface area contributed by atoms with E-state index in [2.05, 4.69) is 12.2 Å². The lowest BCUT2D eigenvalue weighted by Crippen LogP contribution is -2.48. The average Bonchev–Trinajstić information content (AvgIpc) is 1.88. The molecule has 1 aliphatic heterocycles. The molecule has 1 aliphatic rings. The molecule has 0 spiro atoms. The molecule has 3 N–H and O–H groups in total. The summed E-state index contributed by atoms with van der Waals surface area (Å²) >= 11 is 0. The summed E-state index contributed by atoms with van der Waals surface area (Å²) in [6.45, 7) is 2.99. The summed E-state index contributed by atoms with van der Waals surface area (Å²) < 4.78 is 0. The third-order valence-corrected chi connectivity index (χ3v) is 2.08. The van der Waals surface area contributed by atoms with Crippen LogP contribution >= 0.6 is 0 Å². The summed E-state index contributed by atoms with van der Waals surface area (Å²) in [6, 6.07) is -0.0891. The maximum atomic E-state index is 10.7. The summed E-state index contributed by atoms with van der Waals surface area (Å²) in [5.74, 6) is 0.193. The van der Waals surface area contributed by atoms with Crippen LogP contribution in [0.2, 0.25) is 0 Å². The van der Waals surface area contributed by atoms with E-state index in [0.717, 1.165) is 19.4 Å². The molecule has 58 valence electrons. The minimum atomic E-state index is -0.216. The highest BCUT2D eigenvalue weighted by atomic mass is 16.1. The van der Waals surface area contributed by atoms with E-state index in [0.29, 0.717) is 5.92 Å². The zero-order valence-electron chi connectivity index (χ0n) is 6.26. The molecule has 1 amide bonds. The molecule has 1 fully saturated rings. The van der Waals surface area contributed by atoms with Gasteiger partial charge in [0.25, 0.3) is 0 Å². The molecule has 1 heterocycles. The molecule has 3 heteroatoms. The second-order valence-electron chi connectivity index (χ2n) is 2.95. The molecular weight excluding hydrogens is 128 g/mol. The van der Waals surface area contributed by atoms with Crippen LogP contribution in [0.15, 0.2) is 0 Å². The predicted octanol–water partition coefficient (Wildman–Crippen LogP) is -0.140. The van der Waals surface area contributed by atoms with Gasteiger partial charge in [0.05, 0.1) is 6.04 Å². The molecule has 0 bridgehead atoms. The van der Waals surface area contributed by atoms with Crippen molar-refractivity contribution in [3.8, 4) is 0 Å². The first-order chi connectivity index (χ1) is 4.72. The summed E-state index contributed by atoms with van der Waals surface area (Å²) in [5.41, 5.74) is 5.16. The van der Waals surface area contributed by atoms with E-state index in [1.54, 1.807) is 0 Å². The predicted molar refractivity (Wildman–Crippen MR) is 39.4 cm³/mol. The van der Waals surface area contributed by atoms with Crippen molar-refractivity contribution in [3.63, 3.8) is 0 Å². The lowest BCUT2D eigenvalue weighted by atomic mass is 9.92. The SMILES string of the molecule is C[C@@H]1CCCN[C@@H]1C(N)=O. The molecule has 0 aromatic heterocycles. The molecule has 1 rings (SSSR count). The van der Waals surface area contributed by atoms with Crippen molar-refractivity contribution < 1.29 is 4.79 Å². The molecule has 0 aromatic rings. The van der Waals surface area contributed by atoms with Crippen LogP contribution < -0.4 is 11.1 Å². The van der Waals surface area contributed by atoms with Gasteiger partial charge in [-0.25, -0.2) is 0 Å². The molecule has 1 saturated heterocycles. The zero-order valence-corrected chi connectivity index (χ0v) is 6.26. The van der Waals surface area contributed by atoms with Gasteiger partial charge < -0.3 is 11.1 Å². The van der Waals surface area contributed by atoms with Gasteiger partial charge in [-0.15, -0.1) is 0 Å². The van der Waals surface area contributed by atoms with Crippen molar-refractivity contribution in [2.45, 2.75) is 25.8 Å². The largest absolute Gasteiger partial charge is 0.368 e. The number of hydrogen-bond donors (Lipinski definition) is 2. The van der Waals surface area contributed by atoms with E-state index in [1.807, 2.05) is 0 Å². The normalized spacial score (nSPS) is 33.7. The molecule has 3 nitrogen and oxygen atoms in total. The van der Waals surface area contributed by atoms with Crippen LogP contribution in [0.3, 0.4) is 0 Å². The highest BCUT2D eigenvalue weighted by Crippen LogP contribution is 2.14. The molecule has 2 atom stereocenters. The van der Waals surface area contributed by atoms with E-state index >= 15 is 0 Å². The van der Waals surface area contributed by atoms with E-state index in [9.17, 15) is 4.79 Å². The van der Waals surface area contributed by atoms with Gasteiger partial charge in [-0.05, 0) is 25.3 Å². The standard InChI is InChI=1S/C7H14N2O/c1-5-3-2-4-9-6(5)7(8)10/h5-6,9H,2-4H2,1H3,(H2,8,10)/t5-,6+/m1/s1. The van der Waals surface area contributed by atoms with Gasteiger partial charge in [0.2, 0.25) is 5.91 Å². The number of primary amides is 1. The Bertz CT molecular complexity index is 136. The van der Waals surface area contributed by atoms with Gasteiger partial charge in [-0.1, -0.05) is 6.92 Å². The van der Waals surface area contributed by atoms with Gasteiger partial charge in [-0.3, -0.25) is 4.79 Å². The molecule has 0 radical (unpaired) electrons. The Hall–Kier alpha value is -0.570. The molecular formula is C7H14N2O. The van der Waals surface area contributed by atoms with E-state index in [1.165, 1.54) is 0 Å². The topological polar surface area (TPSA) is 55.1 Å². The van der Waals surface area contributed by atoms with Crippen LogP contribution in [-0.2, 0) is 4.79 Å². The second kappa shape index (κ2) is 3.01. The number of piperidine rings is 1. The molecule has 0 aromatic carbocycles. The number of rotatable bonds is 1. The second-order valence-corrected chi connectivity index (χ2v) is 2.95. The zero-order chi connectivity index (χ0) is 7.56. The van der Waals surface area contributed by atoms with E-state index in [4.69, 9.17) is 5.73 Å². The highest BCUT2D eigenvalue weighted by molar-refractivity contribution is 5.80. The Morgan fingerprint density at radius 3 is 2.80 bits per heavy atom. The van der Waals surface area contributed by atoms with Crippen molar-refractivity contribution in [3.05, 3.63) is 0 Å². The van der Waals surface area contributed by atoms with Gasteiger partial charge in [0.15, 0.2) is 0 Å². The maximum absolute atomic E-state index is 10.7. The lowest BCUT2D eigenvalue weighted by molar-refractivity contribution is -0.121. The Morgan fingerprint density at radius 1 is 1.70 bits per heavy atom. The molecule has 0 aliphatic carbocycles. The van der Waals surface area contributed by atoms with Crippen LogP contribution in [0.4, 0.5) is 0 Å². The number of hydrogen-bond acceptors (Lipinski definition) is 2. The number of nitrogens with two attached hydrogens (primary N) is 1. The minimum Gasteiger partial charge on any atom is -0.368 e. The molecule has 0 unspecified atom stereocenters. The fraction of sp³-hybridized carbons (Fsp3) is 0.857. The number of carbonyl (C=O) groups excluding carboxylic acids is 1. The van der Waals surface area contributed by atoms with Gasteiger partial charge in [-0.2, -0.15) is 0 Å². The third-order valence-electron chi connectivity index (χ3n) is 2.08. The molecule has 10 heavy (non-hydrogen) atoms. The summed E-state index contributed by atoms with van der Waals surface area (Å²) in [7, 11) is 0. The first-order valence-corrected chi connectivity index (χ1v) is 3.74. The Labute approximate surface area is 61.0 Å². The number of amides is 1. The minimum absolute atomic E-state index is 0.0891. The fourth-order valence-electron chi connectivity index (χ4n) is 1.43. The number of nitrogens with one attached hydrogen (secondary N) is 1. The Morgan fingerprint density at radius 2 is 2.40 bits per heavy atom. The first-order valence-electron chi connectivity index (χ1n) is 3.74. The van der Waals surface area contributed by atoms with E-state index in [-0.39, 0.29) is 11.9 Å². The van der Waals surface area contributed by atoms with Gasteiger partial charge >= 0.3 is 0 Å². The van der Waals surface area contributed by atoms with Crippen LogP contribution in [0.25, 0.3) is 0 Å². The summed E-state index contributed by atoms with van der Waals surface area (Å²) in [6.07, 6.45) is 2.27. The maximum Gasteiger partial charge on any atom is 0.234 e. The Balaban J connectivity index is 2.47. The fourth-order valence-corrected chi connectivity index (χ4v) is 1.43. The monoisotopic (exact) mass is 142 g/mol. The quantitative estimate of drug-likeness (QED) is 0.535. The van der Waals surface area contributed by atoms with Crippen LogP contribution in [-0.4, -0.2) is 18.5 Å². The Kier molecular flexibility index (Phi) is 2.27. The summed E-state index contributed by atoms with van der Waals surface area (Å²) in [4.78, 5) is 10.7. The highest BCUT2D eigenvalue weighted by Gasteiger charge is 2.24. The smallest absolute Gasteiger partial charge is 0.234 e. The van der Waals surface area contributed by atoms with Crippen molar-refractivity contribution in [2.24, 2.45) is 11.7 Å². The third kappa shape index (κ3) is 1.48. The van der Waals surface area contributed by atoms with Crippen molar-refractivity contribution in [1.29, 1.82) is 0 Å². The van der Waals surface area contributed by atoms with Crippen LogP contribution in [0.1, 0.15) is 19.8 Å². The number of carbonyl (C=O) groups is 1. The van der Waals surface area contributed by atoms with Crippen molar-refractivity contribution >= 4 is 5.91 Å². The lowest BCUT2D eigenvalue weighted by Gasteiger charge is -2.27. The van der Waals surface area contributed by atoms with Gasteiger partial charge in [0, 0.05) is 0 Å². The van der Waals surface area contributed by atoms with Crippen LogP contribution in [0, 0.1) is 5.92 Å². The average molecular weight is 142 g/mol. The first kappa shape index (κ1) is 7.54. The van der Waals surface area contributed by atoms with Crippen molar-refractivity contribution in [1.82, 2.24) is 5.32 Å². The van der Waals surface area contributed by atoms with Crippen molar-refractivity contribution in [2.75, 3.05) is 6.54 Å². The van der Waals surface area contributed by atoms with E-state index < -0.39 is 0 Å².